The zero-order valence-electron chi connectivity index (χ0n) is 22.0. The van der Waals surface area contributed by atoms with Crippen molar-refractivity contribution in [2.24, 2.45) is 44.3 Å². The van der Waals surface area contributed by atoms with Crippen LogP contribution in [0.5, 0.6) is 0 Å². The van der Waals surface area contributed by atoms with Crippen LogP contribution in [-0.4, -0.2) is 11.2 Å². The molecule has 176 valence electrons. The lowest BCUT2D eigenvalue weighted by molar-refractivity contribution is -0.204. The number of hydrogen-bond donors (Lipinski definition) is 1. The molecule has 0 heterocycles. The van der Waals surface area contributed by atoms with Gasteiger partial charge in [-0.1, -0.05) is 66.5 Å². The quantitative estimate of drug-likeness (QED) is 0.386. The molecule has 0 spiro atoms. The maximum absolute atomic E-state index is 10.9. The second-order valence-electron chi connectivity index (χ2n) is 15.2. The van der Waals surface area contributed by atoms with Gasteiger partial charge >= 0.3 is 0 Å². The maximum Gasteiger partial charge on any atom is 0.0594 e. The highest BCUT2D eigenvalue weighted by Gasteiger charge is 2.67. The van der Waals surface area contributed by atoms with Crippen molar-refractivity contribution in [2.45, 2.75) is 132 Å². The molecule has 1 N–H and O–H groups in total. The second kappa shape index (κ2) is 6.43. The Morgan fingerprint density at radius 1 is 0.677 bits per heavy atom. The molecule has 5 aliphatic carbocycles. The van der Waals surface area contributed by atoms with Crippen LogP contribution in [0.3, 0.4) is 0 Å². The highest BCUT2D eigenvalue weighted by Crippen LogP contribution is 2.75. The smallest absolute Gasteiger partial charge is 0.0594 e. The third-order valence-corrected chi connectivity index (χ3v) is 12.9. The van der Waals surface area contributed by atoms with Crippen LogP contribution in [0.1, 0.15) is 126 Å². The molecule has 0 amide bonds. The van der Waals surface area contributed by atoms with Crippen LogP contribution < -0.4 is 0 Å². The fraction of sp³-hybridized carbons (Fsp3) is 0.933. The number of fused-ring (bicyclic) bond motifs is 6. The minimum Gasteiger partial charge on any atom is -0.393 e. The molecule has 0 aromatic rings. The van der Waals surface area contributed by atoms with Crippen molar-refractivity contribution in [1.82, 2.24) is 0 Å². The zero-order valence-corrected chi connectivity index (χ0v) is 22.0. The van der Waals surface area contributed by atoms with Gasteiger partial charge in [-0.3, -0.25) is 0 Å². The Kier molecular flexibility index (Phi) is 4.66. The fourth-order valence-electron chi connectivity index (χ4n) is 10.5. The first kappa shape index (κ1) is 22.5. The predicted octanol–water partition coefficient (Wildman–Crippen LogP) is 8.31. The Hall–Kier alpha value is -0.300. The van der Waals surface area contributed by atoms with Crippen LogP contribution in [0.4, 0.5) is 0 Å². The molecule has 4 fully saturated rings. The highest BCUT2D eigenvalue weighted by atomic mass is 16.3. The van der Waals surface area contributed by atoms with Crippen molar-refractivity contribution in [3.63, 3.8) is 0 Å². The zero-order chi connectivity index (χ0) is 22.7. The van der Waals surface area contributed by atoms with E-state index in [0.717, 1.165) is 12.3 Å². The Balaban J connectivity index is 1.59. The number of aliphatic hydroxyl groups is 1. The van der Waals surface area contributed by atoms with Crippen molar-refractivity contribution in [1.29, 1.82) is 0 Å². The summed E-state index contributed by atoms with van der Waals surface area (Å²) < 4.78 is 0. The first-order valence-corrected chi connectivity index (χ1v) is 13.6. The summed E-state index contributed by atoms with van der Waals surface area (Å²) >= 11 is 0. The summed E-state index contributed by atoms with van der Waals surface area (Å²) in [6.07, 6.45) is 14.5. The number of aliphatic hydroxyl groups excluding tert-OH is 1. The van der Waals surface area contributed by atoms with Crippen LogP contribution in [0.2, 0.25) is 0 Å². The summed E-state index contributed by atoms with van der Waals surface area (Å²) in [4.78, 5) is 0. The van der Waals surface area contributed by atoms with Gasteiger partial charge in [0.15, 0.2) is 0 Å². The van der Waals surface area contributed by atoms with Crippen molar-refractivity contribution in [3.8, 4) is 0 Å². The molecule has 0 bridgehead atoms. The van der Waals surface area contributed by atoms with Gasteiger partial charge in [0.05, 0.1) is 6.10 Å². The second-order valence-corrected chi connectivity index (χ2v) is 15.2. The summed E-state index contributed by atoms with van der Waals surface area (Å²) in [6, 6.07) is 0. The van der Waals surface area contributed by atoms with Crippen LogP contribution in [0.15, 0.2) is 11.1 Å². The third kappa shape index (κ3) is 2.77. The van der Waals surface area contributed by atoms with E-state index < -0.39 is 0 Å². The van der Waals surface area contributed by atoms with Gasteiger partial charge in [0.2, 0.25) is 0 Å². The van der Waals surface area contributed by atoms with Crippen molar-refractivity contribution >= 4 is 0 Å². The van der Waals surface area contributed by atoms with Gasteiger partial charge in [-0.2, -0.15) is 0 Å². The van der Waals surface area contributed by atoms with E-state index >= 15 is 0 Å². The number of allylic oxidation sites excluding steroid dienone is 2. The Labute approximate surface area is 192 Å². The molecule has 4 saturated carbocycles. The lowest BCUT2D eigenvalue weighted by Crippen LogP contribution is -2.64. The molecular formula is C30H50O. The Bertz CT molecular complexity index is 803. The fourth-order valence-corrected chi connectivity index (χ4v) is 10.5. The number of rotatable bonds is 0. The van der Waals surface area contributed by atoms with Gasteiger partial charge in [0.25, 0.3) is 0 Å². The number of hydrogen-bond acceptors (Lipinski definition) is 1. The van der Waals surface area contributed by atoms with Gasteiger partial charge in [-0.05, 0) is 115 Å². The third-order valence-electron chi connectivity index (χ3n) is 12.9. The van der Waals surface area contributed by atoms with E-state index in [1.165, 1.54) is 64.2 Å². The van der Waals surface area contributed by atoms with Gasteiger partial charge in [-0.15, -0.1) is 0 Å². The summed E-state index contributed by atoms with van der Waals surface area (Å²) in [5.74, 6) is 1.47. The van der Waals surface area contributed by atoms with E-state index in [0.29, 0.717) is 33.0 Å². The Morgan fingerprint density at radius 2 is 1.35 bits per heavy atom. The minimum absolute atomic E-state index is 0.0620. The molecule has 1 nitrogen and oxygen atoms in total. The maximum atomic E-state index is 10.9. The molecule has 0 saturated heterocycles. The molecule has 7 atom stereocenters. The van der Waals surface area contributed by atoms with Gasteiger partial charge < -0.3 is 5.11 Å². The normalized spacial score (nSPS) is 53.1. The van der Waals surface area contributed by atoms with Crippen LogP contribution in [0.25, 0.3) is 0 Å². The minimum atomic E-state index is -0.119. The molecule has 5 aliphatic rings. The van der Waals surface area contributed by atoms with E-state index in [9.17, 15) is 5.11 Å². The largest absolute Gasteiger partial charge is 0.393 e. The van der Waals surface area contributed by atoms with Gasteiger partial charge in [-0.25, -0.2) is 0 Å². The van der Waals surface area contributed by atoms with Crippen LogP contribution in [0, 0.1) is 44.3 Å². The first-order valence-electron chi connectivity index (χ1n) is 13.6. The van der Waals surface area contributed by atoms with Crippen LogP contribution >= 0.6 is 0 Å². The van der Waals surface area contributed by atoms with E-state index in [1.54, 1.807) is 0 Å². The topological polar surface area (TPSA) is 20.2 Å². The summed E-state index contributed by atoms with van der Waals surface area (Å²) in [6.45, 7) is 20.4. The Morgan fingerprint density at radius 3 is 2.06 bits per heavy atom. The molecule has 5 rings (SSSR count). The monoisotopic (exact) mass is 426 g/mol. The molecular weight excluding hydrogens is 376 g/mol. The van der Waals surface area contributed by atoms with E-state index in [2.05, 4.69) is 55.4 Å². The average molecular weight is 427 g/mol. The highest BCUT2D eigenvalue weighted by molar-refractivity contribution is 5.38. The average Bonchev–Trinajstić information content (AvgIpc) is 2.67. The molecule has 0 aromatic carbocycles. The standard InChI is InChI=1S/C30H50O/c1-25(2)15-16-27(5)17-18-29(7)20(21(27)19-25)9-10-23-28(6)13-12-24(31)26(3,4)22(28)11-14-30(23,29)8/h22-24,31H,9-19H2,1-8H3/t22-,23-,24-,27-,28+,29-,30-/m1/s1. The van der Waals surface area contributed by atoms with Gasteiger partial charge in [0, 0.05) is 0 Å². The molecule has 31 heavy (non-hydrogen) atoms. The SMILES string of the molecule is CC1(C)CC[C@]2(C)CC[C@]3(C)C(=C2C1)CC[C@@H]1[C@@]2(C)CC[C@@H](O)C(C)(C)[C@H]2CC[C@]13C. The summed E-state index contributed by atoms with van der Waals surface area (Å²) in [5.41, 5.74) is 6.03. The van der Waals surface area contributed by atoms with Crippen molar-refractivity contribution in [2.75, 3.05) is 0 Å². The summed E-state index contributed by atoms with van der Waals surface area (Å²) in [5, 5.41) is 10.9. The molecule has 0 aromatic heterocycles. The summed E-state index contributed by atoms with van der Waals surface area (Å²) in [7, 11) is 0. The predicted molar refractivity (Wildman–Crippen MR) is 131 cm³/mol. The van der Waals surface area contributed by atoms with Crippen molar-refractivity contribution < 1.29 is 5.11 Å². The molecule has 0 radical (unpaired) electrons. The lowest BCUT2D eigenvalue weighted by Gasteiger charge is -2.71. The van der Waals surface area contributed by atoms with Crippen molar-refractivity contribution in [3.05, 3.63) is 11.1 Å². The first-order chi connectivity index (χ1) is 14.2. The lowest BCUT2D eigenvalue weighted by atomic mass is 9.34. The van der Waals surface area contributed by atoms with Gasteiger partial charge in [0.1, 0.15) is 0 Å². The van der Waals surface area contributed by atoms with E-state index in [1.807, 2.05) is 11.1 Å². The van der Waals surface area contributed by atoms with Crippen LogP contribution in [-0.2, 0) is 0 Å². The van der Waals surface area contributed by atoms with E-state index in [4.69, 9.17) is 0 Å². The molecule has 0 unspecified atom stereocenters. The van der Waals surface area contributed by atoms with E-state index in [-0.39, 0.29) is 11.5 Å². The molecule has 1 heteroatoms. The molecule has 0 aliphatic heterocycles.